The molecule has 144 valence electrons. The van der Waals surface area contributed by atoms with Crippen LogP contribution in [0.1, 0.15) is 36.7 Å². The minimum atomic E-state index is -0.477. The van der Waals surface area contributed by atoms with Gasteiger partial charge in [-0.05, 0) is 73.9 Å². The van der Waals surface area contributed by atoms with Crippen LogP contribution < -0.4 is 10.6 Å². The Morgan fingerprint density at radius 1 is 0.929 bits per heavy atom. The maximum Gasteiger partial charge on any atom is 0.266 e. The Morgan fingerprint density at radius 2 is 1.61 bits per heavy atom. The molecule has 0 saturated carbocycles. The van der Waals surface area contributed by atoms with E-state index >= 15 is 0 Å². The molecule has 2 amide bonds. The van der Waals surface area contributed by atoms with Crippen LogP contribution in [0.5, 0.6) is 0 Å². The van der Waals surface area contributed by atoms with Crippen molar-refractivity contribution >= 4 is 49.8 Å². The van der Waals surface area contributed by atoms with Crippen molar-refractivity contribution < 1.29 is 14.0 Å². The first-order valence-corrected chi connectivity index (χ1v) is 10.1. The van der Waals surface area contributed by atoms with Crippen LogP contribution in [-0.4, -0.2) is 11.8 Å². The maximum absolute atomic E-state index is 13.3. The molecule has 4 nitrogen and oxygen atoms in total. The van der Waals surface area contributed by atoms with Crippen molar-refractivity contribution in [3.05, 3.63) is 79.9 Å². The van der Waals surface area contributed by atoms with E-state index in [-0.39, 0.29) is 11.5 Å². The first kappa shape index (κ1) is 20.2. The largest absolute Gasteiger partial charge is 0.321 e. The number of thiophene rings is 1. The first-order valence-electron chi connectivity index (χ1n) is 8.50. The summed E-state index contributed by atoms with van der Waals surface area (Å²) in [4.78, 5) is 25.6. The predicted molar refractivity (Wildman–Crippen MR) is 115 cm³/mol. The molecule has 0 fully saturated rings. The van der Waals surface area contributed by atoms with Crippen molar-refractivity contribution in [2.45, 2.75) is 20.8 Å². The van der Waals surface area contributed by atoms with Gasteiger partial charge in [0.2, 0.25) is 0 Å². The maximum atomic E-state index is 13.3. The second kappa shape index (κ2) is 8.24. The van der Waals surface area contributed by atoms with Gasteiger partial charge in [-0.1, -0.05) is 22.0 Å². The Balaban J connectivity index is 1.78. The number of amides is 2. The fourth-order valence-corrected chi connectivity index (χ4v) is 4.51. The molecule has 0 radical (unpaired) electrons. The Bertz CT molecular complexity index is 1060. The second-order valence-electron chi connectivity index (χ2n) is 6.46. The highest BCUT2D eigenvalue weighted by Gasteiger charge is 2.17. The van der Waals surface area contributed by atoms with E-state index in [9.17, 15) is 14.0 Å². The van der Waals surface area contributed by atoms with Crippen molar-refractivity contribution in [2.75, 3.05) is 10.6 Å². The van der Waals surface area contributed by atoms with Gasteiger partial charge in [-0.3, -0.25) is 9.59 Å². The van der Waals surface area contributed by atoms with Crippen LogP contribution in [0.2, 0.25) is 0 Å². The standard InChI is InChI=1S/C21H18BrFN2O2S/c1-11-7-15(22)8-12(2)18(11)25-21(27)19-13(3)9-17(28-19)24-20(26)14-5-4-6-16(23)10-14/h4-10H,1-3H3,(H,24,26)(H,25,27). The van der Waals surface area contributed by atoms with Gasteiger partial charge in [0.25, 0.3) is 11.8 Å². The molecular formula is C21H18BrFN2O2S. The highest BCUT2D eigenvalue weighted by atomic mass is 79.9. The van der Waals surface area contributed by atoms with E-state index in [4.69, 9.17) is 0 Å². The van der Waals surface area contributed by atoms with Crippen LogP contribution in [0.4, 0.5) is 15.1 Å². The molecule has 2 N–H and O–H groups in total. The summed E-state index contributed by atoms with van der Waals surface area (Å²) in [6.45, 7) is 5.67. The molecule has 0 aliphatic heterocycles. The van der Waals surface area contributed by atoms with Gasteiger partial charge >= 0.3 is 0 Å². The Kier molecular flexibility index (Phi) is 5.96. The number of carbonyl (C=O) groups is 2. The molecule has 2 aromatic carbocycles. The quantitative estimate of drug-likeness (QED) is 0.495. The number of anilines is 2. The first-order chi connectivity index (χ1) is 13.2. The van der Waals surface area contributed by atoms with Gasteiger partial charge in [0.05, 0.1) is 9.88 Å². The van der Waals surface area contributed by atoms with Crippen molar-refractivity contribution in [1.29, 1.82) is 0 Å². The van der Waals surface area contributed by atoms with E-state index < -0.39 is 11.7 Å². The van der Waals surface area contributed by atoms with Gasteiger partial charge in [-0.25, -0.2) is 4.39 Å². The average molecular weight is 461 g/mol. The molecule has 0 bridgehead atoms. The zero-order valence-electron chi connectivity index (χ0n) is 15.5. The second-order valence-corrected chi connectivity index (χ2v) is 8.42. The van der Waals surface area contributed by atoms with Crippen molar-refractivity contribution in [3.63, 3.8) is 0 Å². The number of hydrogen-bond acceptors (Lipinski definition) is 3. The molecule has 1 heterocycles. The monoisotopic (exact) mass is 460 g/mol. The van der Waals surface area contributed by atoms with Crippen LogP contribution in [0.25, 0.3) is 0 Å². The van der Waals surface area contributed by atoms with E-state index in [1.54, 1.807) is 6.07 Å². The van der Waals surface area contributed by atoms with Crippen molar-refractivity contribution in [2.24, 2.45) is 0 Å². The molecular weight excluding hydrogens is 443 g/mol. The minimum Gasteiger partial charge on any atom is -0.321 e. The molecule has 0 aliphatic carbocycles. The fourth-order valence-electron chi connectivity index (χ4n) is 2.86. The number of hydrogen-bond donors (Lipinski definition) is 2. The molecule has 7 heteroatoms. The van der Waals surface area contributed by atoms with Crippen LogP contribution in [0.3, 0.4) is 0 Å². The topological polar surface area (TPSA) is 58.2 Å². The third-order valence-corrected chi connectivity index (χ3v) is 5.79. The van der Waals surface area contributed by atoms with Crippen LogP contribution in [-0.2, 0) is 0 Å². The lowest BCUT2D eigenvalue weighted by atomic mass is 10.1. The molecule has 28 heavy (non-hydrogen) atoms. The summed E-state index contributed by atoms with van der Waals surface area (Å²) in [5.74, 6) is -1.13. The summed E-state index contributed by atoms with van der Waals surface area (Å²) in [6.07, 6.45) is 0. The van der Waals surface area contributed by atoms with Gasteiger partial charge in [-0.15, -0.1) is 11.3 Å². The summed E-state index contributed by atoms with van der Waals surface area (Å²) >= 11 is 4.63. The van der Waals surface area contributed by atoms with Gasteiger partial charge in [0.1, 0.15) is 5.82 Å². The summed E-state index contributed by atoms with van der Waals surface area (Å²) in [5, 5.41) is 6.21. The molecule has 0 spiro atoms. The van der Waals surface area contributed by atoms with Gasteiger partial charge in [0, 0.05) is 15.7 Å². The summed E-state index contributed by atoms with van der Waals surface area (Å²) in [5.41, 5.74) is 3.65. The zero-order valence-corrected chi connectivity index (χ0v) is 17.9. The van der Waals surface area contributed by atoms with E-state index in [0.29, 0.717) is 9.88 Å². The molecule has 0 unspecified atom stereocenters. The van der Waals surface area contributed by atoms with Crippen molar-refractivity contribution in [3.8, 4) is 0 Å². The van der Waals surface area contributed by atoms with Crippen LogP contribution in [0, 0.1) is 26.6 Å². The summed E-state index contributed by atoms with van der Waals surface area (Å²) in [6, 6.07) is 11.1. The lowest BCUT2D eigenvalue weighted by molar-refractivity contribution is 0.101. The Hall–Kier alpha value is -2.51. The Labute approximate surface area is 174 Å². The van der Waals surface area contributed by atoms with Gasteiger partial charge in [0.15, 0.2) is 0 Å². The average Bonchev–Trinajstić information content (AvgIpc) is 2.98. The highest BCUT2D eigenvalue weighted by molar-refractivity contribution is 9.10. The van der Waals surface area contributed by atoms with E-state index in [1.165, 1.54) is 35.6 Å². The summed E-state index contributed by atoms with van der Waals surface area (Å²) in [7, 11) is 0. The summed E-state index contributed by atoms with van der Waals surface area (Å²) < 4.78 is 14.3. The Morgan fingerprint density at radius 3 is 2.25 bits per heavy atom. The van der Waals surface area contributed by atoms with E-state index in [2.05, 4.69) is 26.6 Å². The van der Waals surface area contributed by atoms with Crippen LogP contribution in [0.15, 0.2) is 46.9 Å². The molecule has 3 aromatic rings. The molecule has 0 atom stereocenters. The van der Waals surface area contributed by atoms with Gasteiger partial charge < -0.3 is 10.6 Å². The molecule has 0 aliphatic rings. The number of rotatable bonds is 4. The van der Waals surface area contributed by atoms with Crippen LogP contribution >= 0.6 is 27.3 Å². The SMILES string of the molecule is Cc1cc(NC(=O)c2cccc(F)c2)sc1C(=O)Nc1c(C)cc(Br)cc1C. The number of aryl methyl sites for hydroxylation is 3. The predicted octanol–water partition coefficient (Wildman–Crippen LogP) is 6.08. The molecule has 0 saturated heterocycles. The highest BCUT2D eigenvalue weighted by Crippen LogP contribution is 2.30. The third kappa shape index (κ3) is 4.48. The molecule has 1 aromatic heterocycles. The number of nitrogens with one attached hydrogen (secondary N) is 2. The number of carbonyl (C=O) groups excluding carboxylic acids is 2. The minimum absolute atomic E-state index is 0.221. The lowest BCUT2D eigenvalue weighted by Crippen LogP contribution is -2.13. The van der Waals surface area contributed by atoms with E-state index in [0.717, 1.165) is 26.9 Å². The van der Waals surface area contributed by atoms with E-state index in [1.807, 2.05) is 32.9 Å². The zero-order chi connectivity index (χ0) is 20.4. The lowest BCUT2D eigenvalue weighted by Gasteiger charge is -2.12. The van der Waals surface area contributed by atoms with Crippen molar-refractivity contribution in [1.82, 2.24) is 0 Å². The molecule has 3 rings (SSSR count). The fraction of sp³-hybridized carbons (Fsp3) is 0.143. The third-order valence-electron chi connectivity index (χ3n) is 4.18. The van der Waals surface area contributed by atoms with Gasteiger partial charge in [-0.2, -0.15) is 0 Å². The normalized spacial score (nSPS) is 10.6. The smallest absolute Gasteiger partial charge is 0.266 e. The number of benzene rings is 2. The number of halogens is 2.